The fraction of sp³-hybridized carbons (Fsp3) is 0.385. The van der Waals surface area contributed by atoms with Crippen molar-refractivity contribution >= 4 is 29.3 Å². The lowest BCUT2D eigenvalue weighted by molar-refractivity contribution is -0.113. The van der Waals surface area contributed by atoms with Gasteiger partial charge in [-0.3, -0.25) is 9.59 Å². The fourth-order valence-electron chi connectivity index (χ4n) is 3.68. The molecule has 0 unspecified atom stereocenters. The number of aryl methyl sites for hydroxylation is 2. The van der Waals surface area contributed by atoms with Gasteiger partial charge in [0.2, 0.25) is 5.91 Å². The number of benzene rings is 2. The van der Waals surface area contributed by atoms with E-state index in [-0.39, 0.29) is 29.5 Å². The maximum Gasteiger partial charge on any atom is 0.251 e. The van der Waals surface area contributed by atoms with Crippen molar-refractivity contribution in [2.24, 2.45) is 5.92 Å². The molecule has 7 nitrogen and oxygen atoms in total. The van der Waals surface area contributed by atoms with E-state index in [0.29, 0.717) is 23.1 Å². The number of nitrogens with one attached hydrogen (secondary N) is 2. The third-order valence-corrected chi connectivity index (χ3v) is 6.75. The number of rotatable bonds is 9. The third-order valence-electron chi connectivity index (χ3n) is 5.78. The highest BCUT2D eigenvalue weighted by Crippen LogP contribution is 2.26. The zero-order valence-corrected chi connectivity index (χ0v) is 21.5. The Labute approximate surface area is 205 Å². The molecule has 2 amide bonds. The van der Waals surface area contributed by atoms with Gasteiger partial charge in [0, 0.05) is 17.8 Å². The molecule has 0 aliphatic carbocycles. The van der Waals surface area contributed by atoms with Crippen molar-refractivity contribution in [1.82, 2.24) is 20.1 Å². The van der Waals surface area contributed by atoms with Gasteiger partial charge in [-0.15, -0.1) is 10.2 Å². The van der Waals surface area contributed by atoms with Crippen molar-refractivity contribution < 1.29 is 9.59 Å². The molecule has 0 aliphatic rings. The Morgan fingerprint density at radius 2 is 1.79 bits per heavy atom. The summed E-state index contributed by atoms with van der Waals surface area (Å²) in [5, 5.41) is 15.5. The first-order valence-corrected chi connectivity index (χ1v) is 12.5. The Balaban J connectivity index is 1.72. The van der Waals surface area contributed by atoms with Gasteiger partial charge in [0.15, 0.2) is 11.0 Å². The highest BCUT2D eigenvalue weighted by atomic mass is 32.2. The van der Waals surface area contributed by atoms with Crippen molar-refractivity contribution in [2.45, 2.75) is 59.3 Å². The second-order valence-corrected chi connectivity index (χ2v) is 9.68. The van der Waals surface area contributed by atoms with Crippen molar-refractivity contribution in [1.29, 1.82) is 0 Å². The predicted octanol–water partition coefficient (Wildman–Crippen LogP) is 5.08. The molecular formula is C26H33N5O2S. The van der Waals surface area contributed by atoms with Crippen LogP contribution in [0.1, 0.15) is 59.7 Å². The van der Waals surface area contributed by atoms with Gasteiger partial charge in [0.05, 0.1) is 11.8 Å². The summed E-state index contributed by atoms with van der Waals surface area (Å²) in [5.74, 6) is 0.770. The molecule has 3 rings (SSSR count). The summed E-state index contributed by atoms with van der Waals surface area (Å²) >= 11 is 1.34. The van der Waals surface area contributed by atoms with Crippen molar-refractivity contribution in [3.8, 4) is 0 Å². The molecule has 2 N–H and O–H groups in total. The molecule has 0 bridgehead atoms. The first kappa shape index (κ1) is 25.5. The number of hydrogen-bond donors (Lipinski definition) is 2. The van der Waals surface area contributed by atoms with Crippen molar-refractivity contribution in [3.63, 3.8) is 0 Å². The summed E-state index contributed by atoms with van der Waals surface area (Å²) in [5.41, 5.74) is 4.66. The summed E-state index contributed by atoms with van der Waals surface area (Å²) in [7, 11) is 0. The van der Waals surface area contributed by atoms with E-state index in [1.807, 2.05) is 82.5 Å². The van der Waals surface area contributed by atoms with Gasteiger partial charge in [0.1, 0.15) is 0 Å². The van der Waals surface area contributed by atoms with Crippen LogP contribution in [0.25, 0.3) is 0 Å². The zero-order chi connectivity index (χ0) is 24.8. The van der Waals surface area contributed by atoms with E-state index in [0.717, 1.165) is 22.4 Å². The number of thioether (sulfide) groups is 1. The molecule has 0 aliphatic heterocycles. The van der Waals surface area contributed by atoms with Crippen LogP contribution in [0, 0.1) is 26.7 Å². The normalized spacial score (nSPS) is 12.0. The number of nitrogens with zero attached hydrogens (tertiary/aromatic N) is 3. The molecule has 180 valence electrons. The maximum atomic E-state index is 12.9. The van der Waals surface area contributed by atoms with Crippen molar-refractivity contribution in [3.05, 3.63) is 70.5 Å². The minimum absolute atomic E-state index is 0.0981. The molecule has 34 heavy (non-hydrogen) atoms. The minimum atomic E-state index is -0.307. The average molecular weight is 480 g/mol. The third kappa shape index (κ3) is 6.05. The van der Waals surface area contributed by atoms with Crippen LogP contribution in [-0.2, 0) is 11.3 Å². The van der Waals surface area contributed by atoms with Gasteiger partial charge >= 0.3 is 0 Å². The molecule has 0 saturated heterocycles. The smallest absolute Gasteiger partial charge is 0.251 e. The summed E-state index contributed by atoms with van der Waals surface area (Å²) in [6.07, 6.45) is 0. The van der Waals surface area contributed by atoms with Gasteiger partial charge in [-0.1, -0.05) is 55.4 Å². The molecule has 8 heteroatoms. The zero-order valence-electron chi connectivity index (χ0n) is 20.7. The lowest BCUT2D eigenvalue weighted by Gasteiger charge is -2.22. The number of hydrogen-bond acceptors (Lipinski definition) is 5. The van der Waals surface area contributed by atoms with E-state index in [1.165, 1.54) is 11.8 Å². The predicted molar refractivity (Wildman–Crippen MR) is 137 cm³/mol. The summed E-state index contributed by atoms with van der Waals surface area (Å²) in [6.45, 7) is 12.7. The van der Waals surface area contributed by atoms with Crippen molar-refractivity contribution in [2.75, 3.05) is 11.1 Å². The number of carbonyl (C=O) groups excluding carboxylic acids is 2. The molecule has 1 heterocycles. The molecular weight excluding hydrogens is 446 g/mol. The first-order chi connectivity index (χ1) is 16.2. The Hall–Kier alpha value is -3.13. The quantitative estimate of drug-likeness (QED) is 0.418. The second kappa shape index (κ2) is 11.3. The average Bonchev–Trinajstić information content (AvgIpc) is 3.21. The largest absolute Gasteiger partial charge is 0.342 e. The van der Waals surface area contributed by atoms with E-state index in [9.17, 15) is 9.59 Å². The molecule has 0 fully saturated rings. The van der Waals surface area contributed by atoms with Gasteiger partial charge in [-0.25, -0.2) is 0 Å². The van der Waals surface area contributed by atoms with Gasteiger partial charge in [0.25, 0.3) is 5.91 Å². The molecule has 2 aromatic carbocycles. The number of anilines is 1. The second-order valence-electron chi connectivity index (χ2n) is 8.73. The molecule has 1 atom stereocenters. The Bertz CT molecular complexity index is 1170. The highest BCUT2D eigenvalue weighted by Gasteiger charge is 2.26. The Morgan fingerprint density at radius 3 is 2.47 bits per heavy atom. The van der Waals surface area contributed by atoms with Crippen LogP contribution in [0.5, 0.6) is 0 Å². The van der Waals surface area contributed by atoms with Crippen LogP contribution in [0.2, 0.25) is 0 Å². The van der Waals surface area contributed by atoms with E-state index in [1.54, 1.807) is 6.07 Å². The van der Waals surface area contributed by atoms with E-state index < -0.39 is 0 Å². The van der Waals surface area contributed by atoms with Crippen LogP contribution >= 0.6 is 11.8 Å². The van der Waals surface area contributed by atoms with Crippen LogP contribution in [0.4, 0.5) is 5.69 Å². The molecule has 1 aromatic heterocycles. The minimum Gasteiger partial charge on any atom is -0.342 e. The van der Waals surface area contributed by atoms with Crippen LogP contribution in [0.15, 0.2) is 47.6 Å². The van der Waals surface area contributed by atoms with Crippen LogP contribution in [0.3, 0.4) is 0 Å². The maximum absolute atomic E-state index is 12.9. The topological polar surface area (TPSA) is 88.9 Å². The van der Waals surface area contributed by atoms with Gasteiger partial charge in [-0.2, -0.15) is 0 Å². The van der Waals surface area contributed by atoms with Gasteiger partial charge in [-0.05, 0) is 62.9 Å². The Morgan fingerprint density at radius 1 is 1.06 bits per heavy atom. The van der Waals surface area contributed by atoms with Crippen LogP contribution in [-0.4, -0.2) is 32.3 Å². The number of amides is 2. The van der Waals surface area contributed by atoms with Gasteiger partial charge < -0.3 is 15.2 Å². The molecule has 0 radical (unpaired) electrons. The van der Waals surface area contributed by atoms with E-state index in [2.05, 4.69) is 20.8 Å². The monoisotopic (exact) mass is 479 g/mol. The fourth-order valence-corrected chi connectivity index (χ4v) is 4.49. The summed E-state index contributed by atoms with van der Waals surface area (Å²) in [6, 6.07) is 13.1. The molecule has 0 saturated carbocycles. The first-order valence-electron chi connectivity index (χ1n) is 11.5. The summed E-state index contributed by atoms with van der Waals surface area (Å²) in [4.78, 5) is 25.5. The standard InChI is InChI=1S/C26H33N5O2S/c1-7-31-24(23(16(2)3)28-25(33)20-12-8-10-17(4)14-20)29-30-26(31)34-15-22(32)27-21-13-9-11-18(5)19(21)6/h8-14,16,23H,7,15H2,1-6H3,(H,27,32)(H,28,33)/t23-/m0/s1. The molecule has 0 spiro atoms. The van der Waals surface area contributed by atoms with E-state index in [4.69, 9.17) is 0 Å². The summed E-state index contributed by atoms with van der Waals surface area (Å²) < 4.78 is 1.97. The van der Waals surface area contributed by atoms with E-state index >= 15 is 0 Å². The highest BCUT2D eigenvalue weighted by molar-refractivity contribution is 7.99. The SMILES string of the molecule is CCn1c(SCC(=O)Nc2cccc(C)c2C)nnc1[C@@H](NC(=O)c1cccc(C)c1)C(C)C. The number of carbonyl (C=O) groups is 2. The lowest BCUT2D eigenvalue weighted by atomic mass is 10.0. The van der Waals surface area contributed by atoms with Crippen LogP contribution < -0.4 is 10.6 Å². The number of aromatic nitrogens is 3. The molecule has 3 aromatic rings. The lowest BCUT2D eigenvalue weighted by Crippen LogP contribution is -2.33. The Kier molecular flexibility index (Phi) is 8.50.